The van der Waals surface area contributed by atoms with Gasteiger partial charge in [-0.1, -0.05) is 41.6 Å². The molecule has 6 N–H and O–H groups in total. The maximum absolute atomic E-state index is 12.6. The van der Waals surface area contributed by atoms with Crippen LogP contribution in [0.1, 0.15) is 30.5 Å². The first-order chi connectivity index (χ1) is 19.0. The van der Waals surface area contributed by atoms with Crippen molar-refractivity contribution in [2.45, 2.75) is 29.5 Å². The summed E-state index contributed by atoms with van der Waals surface area (Å²) in [7, 11) is 0. The number of carbonyl (C=O) groups is 3. The van der Waals surface area contributed by atoms with Gasteiger partial charge in [-0.25, -0.2) is 9.79 Å². The SMILES string of the molecule is CC(=O)O.CSc1cccc(NC(=O)CC2SC(=NC(c3ccc(Cl)cc3)c3c(O)[nH]c(=O)[nH]c3=O)NC2=O)c1. The van der Waals surface area contributed by atoms with Crippen LogP contribution in [0.2, 0.25) is 5.02 Å². The zero-order valence-corrected chi connectivity index (χ0v) is 23.4. The Morgan fingerprint density at radius 1 is 1.15 bits per heavy atom. The lowest BCUT2D eigenvalue weighted by atomic mass is 10.0. The lowest BCUT2D eigenvalue weighted by Gasteiger charge is -2.14. The van der Waals surface area contributed by atoms with E-state index in [2.05, 4.69) is 25.6 Å². The molecule has 12 nitrogen and oxygen atoms in total. The number of anilines is 1. The highest BCUT2D eigenvalue weighted by Gasteiger charge is 2.33. The van der Waals surface area contributed by atoms with Crippen LogP contribution in [0, 0.1) is 0 Å². The molecule has 2 heterocycles. The number of aromatic hydroxyl groups is 1. The molecular formula is C25H24ClN5O7S2. The van der Waals surface area contributed by atoms with Crippen molar-refractivity contribution in [3.05, 3.63) is 85.5 Å². The van der Waals surface area contributed by atoms with E-state index in [1.165, 1.54) is 0 Å². The molecule has 1 aliphatic heterocycles. The second-order valence-electron chi connectivity index (χ2n) is 8.16. The Kier molecular flexibility index (Phi) is 10.6. The van der Waals surface area contributed by atoms with E-state index in [0.717, 1.165) is 23.6 Å². The largest absolute Gasteiger partial charge is 0.494 e. The number of aliphatic imine (C=N–C) groups is 1. The molecule has 1 saturated heterocycles. The summed E-state index contributed by atoms with van der Waals surface area (Å²) in [6.07, 6.45) is 1.83. The van der Waals surface area contributed by atoms with E-state index in [-0.39, 0.29) is 23.1 Å². The fourth-order valence-corrected chi connectivity index (χ4v) is 5.07. The number of aromatic nitrogens is 2. The Morgan fingerprint density at radius 3 is 2.45 bits per heavy atom. The first-order valence-corrected chi connectivity index (χ1v) is 13.9. The Morgan fingerprint density at radius 2 is 1.82 bits per heavy atom. The zero-order valence-electron chi connectivity index (χ0n) is 21.1. The maximum atomic E-state index is 12.6. The van der Waals surface area contributed by atoms with Gasteiger partial charge in [-0.05, 0) is 42.2 Å². The summed E-state index contributed by atoms with van der Waals surface area (Å²) in [5, 5.41) is 23.0. The van der Waals surface area contributed by atoms with E-state index >= 15 is 0 Å². The van der Waals surface area contributed by atoms with E-state index in [9.17, 15) is 24.3 Å². The van der Waals surface area contributed by atoms with Gasteiger partial charge >= 0.3 is 5.69 Å². The molecule has 4 rings (SSSR count). The van der Waals surface area contributed by atoms with E-state index in [1.54, 1.807) is 42.1 Å². The number of nitrogens with zero attached hydrogens (tertiary/aromatic N) is 1. The average molecular weight is 606 g/mol. The number of carboxylic acid groups (broad SMARTS) is 1. The standard InChI is InChI=1S/C23H20ClN5O5S2.C2H4O2/c1-35-14-4-2-3-13(9-14)25-16(30)10-15-19(31)29-23(36-15)26-18(11-5-7-12(24)8-6-11)17-20(32)27-22(34)28-21(17)33;1-2(3)4/h2-9,15,18H,10H2,1H3,(H,25,30)(H,26,29,31)(H3,27,28,32,33,34);1H3,(H,3,4). The second-order valence-corrected chi connectivity index (χ2v) is 10.7. The van der Waals surface area contributed by atoms with Crippen LogP contribution >= 0.6 is 35.1 Å². The van der Waals surface area contributed by atoms with Gasteiger partial charge in [0.1, 0.15) is 16.9 Å². The number of nitrogens with one attached hydrogen (secondary N) is 4. The van der Waals surface area contributed by atoms with Crippen LogP contribution in [-0.4, -0.2) is 54.6 Å². The Hall–Kier alpha value is -4.01. The number of hydrogen-bond donors (Lipinski definition) is 6. The molecule has 2 amide bonds. The van der Waals surface area contributed by atoms with Crippen LogP contribution in [0.15, 0.2) is 68.0 Å². The number of halogens is 1. The molecule has 40 heavy (non-hydrogen) atoms. The fraction of sp³-hybridized carbons (Fsp3) is 0.200. The van der Waals surface area contributed by atoms with Crippen LogP contribution in [0.3, 0.4) is 0 Å². The molecule has 2 atom stereocenters. The molecule has 0 spiro atoms. The van der Waals surface area contributed by atoms with E-state index < -0.39 is 40.3 Å². The van der Waals surface area contributed by atoms with Crippen LogP contribution in [0.25, 0.3) is 0 Å². The molecule has 0 aliphatic carbocycles. The highest BCUT2D eigenvalue weighted by Crippen LogP contribution is 2.32. The lowest BCUT2D eigenvalue weighted by Crippen LogP contribution is -2.29. The molecule has 2 aromatic carbocycles. The summed E-state index contributed by atoms with van der Waals surface area (Å²) in [5.74, 6) is -2.24. The average Bonchev–Trinajstić information content (AvgIpc) is 3.21. The molecule has 2 unspecified atom stereocenters. The van der Waals surface area contributed by atoms with Crippen LogP contribution < -0.4 is 21.9 Å². The molecule has 0 radical (unpaired) electrons. The molecule has 0 bridgehead atoms. The predicted octanol–water partition coefficient (Wildman–Crippen LogP) is 2.94. The molecule has 0 saturated carbocycles. The van der Waals surface area contributed by atoms with Gasteiger partial charge in [0, 0.05) is 29.0 Å². The summed E-state index contributed by atoms with van der Waals surface area (Å²) >= 11 is 8.55. The van der Waals surface area contributed by atoms with Crippen LogP contribution in [0.4, 0.5) is 5.69 Å². The predicted molar refractivity (Wildman–Crippen MR) is 154 cm³/mol. The Balaban J connectivity index is 0.00000103. The number of aromatic amines is 2. The second kappa shape index (κ2) is 13.9. The number of carbonyl (C=O) groups excluding carboxylic acids is 2. The van der Waals surface area contributed by atoms with Crippen molar-refractivity contribution in [2.24, 2.45) is 4.99 Å². The molecule has 1 aliphatic rings. The third kappa shape index (κ3) is 8.49. The Labute approximate surface area is 240 Å². The summed E-state index contributed by atoms with van der Waals surface area (Å²) < 4.78 is 0. The number of H-pyrrole nitrogens is 2. The van der Waals surface area contributed by atoms with E-state index in [0.29, 0.717) is 16.3 Å². The van der Waals surface area contributed by atoms with Crippen LogP contribution in [0.5, 0.6) is 5.88 Å². The number of carboxylic acids is 1. The van der Waals surface area contributed by atoms with E-state index in [1.807, 2.05) is 24.5 Å². The number of thioether (sulfide) groups is 2. The zero-order chi connectivity index (χ0) is 29.4. The van der Waals surface area contributed by atoms with Crippen LogP contribution in [-0.2, 0) is 14.4 Å². The molecule has 1 fully saturated rings. The van der Waals surface area contributed by atoms with Gasteiger partial charge < -0.3 is 20.8 Å². The summed E-state index contributed by atoms with van der Waals surface area (Å²) in [6, 6.07) is 12.7. The molecular weight excluding hydrogens is 582 g/mol. The van der Waals surface area contributed by atoms with Crippen molar-refractivity contribution in [3.63, 3.8) is 0 Å². The minimum absolute atomic E-state index is 0.102. The highest BCUT2D eigenvalue weighted by molar-refractivity contribution is 8.15. The fourth-order valence-electron chi connectivity index (χ4n) is 3.49. The number of rotatable bonds is 7. The molecule has 210 valence electrons. The summed E-state index contributed by atoms with van der Waals surface area (Å²) in [4.78, 5) is 67.9. The molecule has 3 aromatic rings. The maximum Gasteiger partial charge on any atom is 0.328 e. The normalized spacial score (nSPS) is 16.0. The number of amidine groups is 1. The van der Waals surface area contributed by atoms with Gasteiger partial charge in [-0.15, -0.1) is 11.8 Å². The number of aliphatic carboxylic acids is 1. The molecule has 15 heteroatoms. The minimum atomic E-state index is -1.08. The van der Waals surface area contributed by atoms with Crippen molar-refractivity contribution >= 4 is 63.8 Å². The van der Waals surface area contributed by atoms with Gasteiger partial charge in [-0.2, -0.15) is 0 Å². The summed E-state index contributed by atoms with van der Waals surface area (Å²) in [5.41, 5.74) is -0.821. The van der Waals surface area contributed by atoms with Crippen molar-refractivity contribution in [2.75, 3.05) is 11.6 Å². The smallest absolute Gasteiger partial charge is 0.328 e. The lowest BCUT2D eigenvalue weighted by molar-refractivity contribution is -0.134. The summed E-state index contributed by atoms with van der Waals surface area (Å²) in [6.45, 7) is 1.08. The highest BCUT2D eigenvalue weighted by atomic mass is 35.5. The number of hydrogen-bond acceptors (Lipinski definition) is 9. The first kappa shape index (κ1) is 30.5. The minimum Gasteiger partial charge on any atom is -0.494 e. The van der Waals surface area contributed by atoms with Gasteiger partial charge in [0.05, 0.1) is 0 Å². The van der Waals surface area contributed by atoms with E-state index in [4.69, 9.17) is 21.5 Å². The van der Waals surface area contributed by atoms with Gasteiger partial charge in [-0.3, -0.25) is 29.1 Å². The van der Waals surface area contributed by atoms with Crippen molar-refractivity contribution in [3.8, 4) is 5.88 Å². The monoisotopic (exact) mass is 605 g/mol. The van der Waals surface area contributed by atoms with Gasteiger partial charge in [0.15, 0.2) is 5.17 Å². The molecule has 1 aromatic heterocycles. The topological polar surface area (TPSA) is 194 Å². The third-order valence-corrected chi connectivity index (χ3v) is 7.24. The van der Waals surface area contributed by atoms with Crippen molar-refractivity contribution in [1.82, 2.24) is 15.3 Å². The van der Waals surface area contributed by atoms with Crippen molar-refractivity contribution < 1.29 is 24.6 Å². The first-order valence-electron chi connectivity index (χ1n) is 11.5. The third-order valence-electron chi connectivity index (χ3n) is 5.17. The Bertz CT molecular complexity index is 1550. The van der Waals surface area contributed by atoms with Crippen molar-refractivity contribution in [1.29, 1.82) is 0 Å². The number of amides is 2. The van der Waals surface area contributed by atoms with Gasteiger partial charge in [0.25, 0.3) is 11.5 Å². The van der Waals surface area contributed by atoms with Gasteiger partial charge in [0.2, 0.25) is 17.7 Å². The number of benzene rings is 2. The quantitative estimate of drug-likeness (QED) is 0.219.